The third-order valence-corrected chi connectivity index (χ3v) is 30.8. The van der Waals surface area contributed by atoms with Crippen molar-refractivity contribution in [2.75, 3.05) is 0 Å². The number of allylic oxidation sites excluding steroid dienone is 3. The lowest BCUT2D eigenvalue weighted by molar-refractivity contribution is -0.0573. The summed E-state index contributed by atoms with van der Waals surface area (Å²) in [5.41, 5.74) is 7.81. The van der Waals surface area contributed by atoms with Gasteiger partial charge in [-0.25, -0.2) is 0 Å². The van der Waals surface area contributed by atoms with Gasteiger partial charge in [-0.15, -0.1) is 0 Å². The lowest BCUT2D eigenvalue weighted by atomic mass is 9.47. The van der Waals surface area contributed by atoms with Gasteiger partial charge in [0.1, 0.15) is 0 Å². The summed E-state index contributed by atoms with van der Waals surface area (Å²) in [6.45, 7) is 37.7. The van der Waals surface area contributed by atoms with Gasteiger partial charge in [-0.3, -0.25) is 0 Å². The number of aliphatic hydroxyl groups excluding tert-OH is 3. The first-order chi connectivity index (χ1) is 39.8. The molecule has 0 aromatic heterocycles. The molecule has 0 aliphatic heterocycles. The maximum atomic E-state index is 10.2. The third kappa shape index (κ3) is 12.6. The summed E-state index contributed by atoms with van der Waals surface area (Å²) in [6.07, 6.45) is 51.5. The summed E-state index contributed by atoms with van der Waals surface area (Å²) in [6, 6.07) is 0. The fourth-order valence-corrected chi connectivity index (χ4v) is 26.0. The number of rotatable bonds is 15. The van der Waals surface area contributed by atoms with E-state index in [1.54, 1.807) is 16.7 Å². The molecular formula is C81H138O3. The lowest BCUT2D eigenvalue weighted by Crippen LogP contribution is -2.50. The van der Waals surface area contributed by atoms with Crippen LogP contribution in [0.4, 0.5) is 0 Å². The molecule has 3 N–H and O–H groups in total. The van der Waals surface area contributed by atoms with Crippen molar-refractivity contribution in [2.24, 2.45) is 139 Å². The molecule has 0 spiro atoms. The highest BCUT2D eigenvalue weighted by Crippen LogP contribution is 2.71. The van der Waals surface area contributed by atoms with Crippen LogP contribution in [0.1, 0.15) is 316 Å². The van der Waals surface area contributed by atoms with Crippen molar-refractivity contribution in [1.82, 2.24) is 0 Å². The van der Waals surface area contributed by atoms with Gasteiger partial charge in [0.25, 0.3) is 0 Å². The van der Waals surface area contributed by atoms with Crippen LogP contribution >= 0.6 is 0 Å². The van der Waals surface area contributed by atoms with E-state index in [1.165, 1.54) is 173 Å². The normalized spacial score (nSPS) is 46.5. The number of fused-ring (bicyclic) bond motifs is 15. The van der Waals surface area contributed by atoms with E-state index in [2.05, 4.69) is 122 Å². The second kappa shape index (κ2) is 26.4. The van der Waals surface area contributed by atoms with Crippen LogP contribution in [0.15, 0.2) is 34.9 Å². The van der Waals surface area contributed by atoms with Gasteiger partial charge in [0.2, 0.25) is 0 Å². The van der Waals surface area contributed by atoms with Gasteiger partial charge in [0.15, 0.2) is 0 Å². The molecule has 3 nitrogen and oxygen atoms in total. The minimum absolute atomic E-state index is 0.0766. The van der Waals surface area contributed by atoms with Crippen LogP contribution in [0.5, 0.6) is 0 Å². The van der Waals surface area contributed by atoms with Gasteiger partial charge in [-0.1, -0.05) is 197 Å². The fourth-order valence-electron chi connectivity index (χ4n) is 26.0. The third-order valence-electron chi connectivity index (χ3n) is 30.8. The van der Waals surface area contributed by atoms with E-state index in [-0.39, 0.29) is 18.3 Å². The molecule has 0 radical (unpaired) electrons. The van der Waals surface area contributed by atoms with E-state index in [9.17, 15) is 15.3 Å². The molecule has 0 heterocycles. The highest BCUT2D eigenvalue weighted by atomic mass is 16.3. The van der Waals surface area contributed by atoms with Crippen molar-refractivity contribution in [1.29, 1.82) is 0 Å². The van der Waals surface area contributed by atoms with Crippen molar-refractivity contribution in [3.05, 3.63) is 34.9 Å². The van der Waals surface area contributed by atoms with Crippen molar-refractivity contribution in [3.8, 4) is 0 Å². The molecule has 12 aliphatic carbocycles. The van der Waals surface area contributed by atoms with Crippen LogP contribution in [0.2, 0.25) is 0 Å². The van der Waals surface area contributed by atoms with E-state index in [1.807, 2.05) is 0 Å². The molecule has 0 aromatic rings. The molecule has 0 bridgehead atoms. The zero-order chi connectivity index (χ0) is 60.3. The summed E-state index contributed by atoms with van der Waals surface area (Å²) < 4.78 is 0. The van der Waals surface area contributed by atoms with Gasteiger partial charge >= 0.3 is 0 Å². The Morgan fingerprint density at radius 1 is 0.333 bits per heavy atom. The van der Waals surface area contributed by atoms with Crippen molar-refractivity contribution in [2.45, 2.75) is 334 Å². The largest absolute Gasteiger partial charge is 0.393 e. The summed E-state index contributed by atoms with van der Waals surface area (Å²) in [5.74, 6) is 16.4. The first-order valence-electron chi connectivity index (χ1n) is 37.9. The standard InChI is InChI=1S/3C27H46O/c3*1-18(2)7-6-8-19(3)23-11-12-24-22-10-9-20-17-21(28)13-15-26(20,4)25(22)14-16-27(23,24)5/h3*9,18-19,21-25,28H,6-8,10-17H2,1-5H3/t3*19-,21+,22+,23-,24+,25+,26+,27-/m111/s1. The van der Waals surface area contributed by atoms with Gasteiger partial charge in [-0.05, 0) is 293 Å². The second-order valence-corrected chi connectivity index (χ2v) is 36.6. The minimum Gasteiger partial charge on any atom is -0.393 e. The summed E-state index contributed by atoms with van der Waals surface area (Å²) in [7, 11) is 0. The van der Waals surface area contributed by atoms with E-state index in [0.717, 1.165) is 145 Å². The Bertz CT molecular complexity index is 2020. The zero-order valence-electron chi connectivity index (χ0n) is 58.0. The van der Waals surface area contributed by atoms with E-state index >= 15 is 0 Å². The van der Waals surface area contributed by atoms with E-state index in [4.69, 9.17) is 0 Å². The Hall–Kier alpha value is -0.900. The second-order valence-electron chi connectivity index (χ2n) is 36.6. The molecule has 3 heteroatoms. The highest BCUT2D eigenvalue weighted by Gasteiger charge is 2.62. The monoisotopic (exact) mass is 1160 g/mol. The molecule has 9 fully saturated rings. The topological polar surface area (TPSA) is 60.7 Å². The Morgan fingerprint density at radius 3 is 0.845 bits per heavy atom. The molecule has 24 atom stereocenters. The number of aliphatic hydroxyl groups is 3. The average molecular weight is 1160 g/mol. The average Bonchev–Trinajstić information content (AvgIpc) is 1.43. The predicted molar refractivity (Wildman–Crippen MR) is 357 cm³/mol. The molecule has 0 amide bonds. The molecule has 0 unspecified atom stereocenters. The highest BCUT2D eigenvalue weighted by molar-refractivity contribution is 5.28. The Labute approximate surface area is 520 Å². The molecule has 12 aliphatic rings. The summed E-state index contributed by atoms with van der Waals surface area (Å²) in [5, 5.41) is 30.6. The van der Waals surface area contributed by atoms with Gasteiger partial charge in [-0.2, -0.15) is 0 Å². The van der Waals surface area contributed by atoms with Crippen LogP contribution in [0, 0.1) is 139 Å². The SMILES string of the molecule is CC(C)CCC[C@@H](C)[C@H]1CC[C@H]2[C@@H]3CC=C4C[C@@H](O)CC[C@]4(C)[C@H]3CC[C@]12C.CC(C)CCC[C@@H](C)[C@H]1CC[C@H]2[C@@H]3CC=C4C[C@@H](O)CC[C@]4(C)[C@H]3CC[C@]12C.CC(C)CCC[C@@H](C)[C@H]1CC[C@H]2[C@@H]3CC=C4C[C@@H](O)CC[C@]4(C)[C@H]3CC[C@]12C. The van der Waals surface area contributed by atoms with Crippen LogP contribution < -0.4 is 0 Å². The van der Waals surface area contributed by atoms with Gasteiger partial charge < -0.3 is 15.3 Å². The van der Waals surface area contributed by atoms with Gasteiger partial charge in [0, 0.05) is 0 Å². The first-order valence-corrected chi connectivity index (χ1v) is 37.9. The van der Waals surface area contributed by atoms with Crippen molar-refractivity contribution >= 4 is 0 Å². The molecular weight excluding hydrogens is 1020 g/mol. The molecule has 480 valence electrons. The Kier molecular flexibility index (Phi) is 20.7. The molecule has 0 saturated heterocycles. The van der Waals surface area contributed by atoms with E-state index in [0.29, 0.717) is 32.5 Å². The molecule has 84 heavy (non-hydrogen) atoms. The van der Waals surface area contributed by atoms with Crippen molar-refractivity contribution < 1.29 is 15.3 Å². The first kappa shape index (κ1) is 66.0. The maximum Gasteiger partial charge on any atom is 0.0577 e. The zero-order valence-corrected chi connectivity index (χ0v) is 58.0. The molecule has 12 rings (SSSR count). The Morgan fingerprint density at radius 2 is 0.595 bits per heavy atom. The van der Waals surface area contributed by atoms with Crippen LogP contribution in [-0.4, -0.2) is 33.6 Å². The lowest BCUT2D eigenvalue weighted by Gasteiger charge is -2.58. The predicted octanol–water partition coefficient (Wildman–Crippen LogP) is 22.2. The molecule has 9 saturated carbocycles. The quantitative estimate of drug-likeness (QED) is 0.143. The smallest absolute Gasteiger partial charge is 0.0577 e. The van der Waals surface area contributed by atoms with E-state index < -0.39 is 0 Å². The number of hydrogen-bond acceptors (Lipinski definition) is 3. The minimum atomic E-state index is -0.0766. The van der Waals surface area contributed by atoms with Crippen LogP contribution in [0.25, 0.3) is 0 Å². The Balaban J connectivity index is 0.000000140. The summed E-state index contributed by atoms with van der Waals surface area (Å²) >= 11 is 0. The number of hydrogen-bond donors (Lipinski definition) is 3. The fraction of sp³-hybridized carbons (Fsp3) is 0.926. The van der Waals surface area contributed by atoms with Crippen LogP contribution in [-0.2, 0) is 0 Å². The van der Waals surface area contributed by atoms with Crippen LogP contribution in [0.3, 0.4) is 0 Å². The van der Waals surface area contributed by atoms with Crippen molar-refractivity contribution in [3.63, 3.8) is 0 Å². The molecule has 0 aromatic carbocycles. The van der Waals surface area contributed by atoms with Gasteiger partial charge in [0.05, 0.1) is 18.3 Å². The summed E-state index contributed by atoms with van der Waals surface area (Å²) in [4.78, 5) is 0. The maximum absolute atomic E-state index is 10.2.